The summed E-state index contributed by atoms with van der Waals surface area (Å²) in [6.07, 6.45) is -2.80. The summed E-state index contributed by atoms with van der Waals surface area (Å²) in [4.78, 5) is 39.8. The number of benzene rings is 1. The summed E-state index contributed by atoms with van der Waals surface area (Å²) in [7, 11) is 1.83. The molecule has 1 amide bonds. The average molecular weight is 579 g/mol. The lowest BCUT2D eigenvalue weighted by atomic mass is 9.98. The minimum atomic E-state index is -4.61. The topological polar surface area (TPSA) is 88.8 Å². The van der Waals surface area contributed by atoms with Gasteiger partial charge in [0.15, 0.2) is 10.4 Å². The lowest BCUT2D eigenvalue weighted by Gasteiger charge is -2.34. The van der Waals surface area contributed by atoms with Gasteiger partial charge in [0.2, 0.25) is 0 Å². The van der Waals surface area contributed by atoms with Gasteiger partial charge in [-0.05, 0) is 55.9 Å². The summed E-state index contributed by atoms with van der Waals surface area (Å²) in [5.41, 5.74) is 0.753. The normalized spacial score (nSPS) is 15.8. The number of aromatic amines is 1. The Labute approximate surface area is 215 Å². The number of pyridine rings is 1. The van der Waals surface area contributed by atoms with Crippen molar-refractivity contribution in [2.75, 3.05) is 0 Å². The minimum Gasteiger partial charge on any atom is -0.333 e. The molecule has 1 atom stereocenters. The number of nitrogens with zero attached hydrogens (tertiary/aromatic N) is 5. The van der Waals surface area contributed by atoms with E-state index in [4.69, 9.17) is 12.2 Å². The van der Waals surface area contributed by atoms with Crippen molar-refractivity contribution < 1.29 is 18.0 Å². The quantitative estimate of drug-likeness (QED) is 0.353. The van der Waals surface area contributed by atoms with E-state index in [0.29, 0.717) is 22.7 Å². The molecular weight excluding hydrogens is 561 g/mol. The summed E-state index contributed by atoms with van der Waals surface area (Å²) in [5, 5.41) is 0. The number of hydrogen-bond acceptors (Lipinski definition) is 5. The van der Waals surface area contributed by atoms with Crippen molar-refractivity contribution in [2.24, 2.45) is 7.05 Å². The lowest BCUT2D eigenvalue weighted by Crippen LogP contribution is -2.46. The van der Waals surface area contributed by atoms with Crippen molar-refractivity contribution >= 4 is 45.2 Å². The number of aryl methyl sites for hydroxylation is 1. The van der Waals surface area contributed by atoms with Crippen LogP contribution in [0.25, 0.3) is 17.0 Å². The van der Waals surface area contributed by atoms with Crippen LogP contribution in [0.5, 0.6) is 0 Å². The van der Waals surface area contributed by atoms with Gasteiger partial charge in [-0.3, -0.25) is 9.59 Å². The Balaban J connectivity index is 1.52. The summed E-state index contributed by atoms with van der Waals surface area (Å²) >= 11 is 8.33. The van der Waals surface area contributed by atoms with Crippen molar-refractivity contribution in [3.63, 3.8) is 0 Å². The molecule has 1 N–H and O–H groups in total. The van der Waals surface area contributed by atoms with Crippen molar-refractivity contribution in [3.8, 4) is 5.82 Å². The summed E-state index contributed by atoms with van der Waals surface area (Å²) in [6.45, 7) is 1.74. The number of aromatic nitrogens is 5. The first-order valence-corrected chi connectivity index (χ1v) is 12.0. The molecule has 0 spiro atoms. The molecule has 1 aliphatic rings. The van der Waals surface area contributed by atoms with Gasteiger partial charge in [-0.25, -0.2) is 14.5 Å². The fraction of sp³-hybridized carbons (Fsp3) is 0.261. The van der Waals surface area contributed by atoms with E-state index in [-0.39, 0.29) is 33.3 Å². The highest BCUT2D eigenvalue weighted by Crippen LogP contribution is 2.36. The summed E-state index contributed by atoms with van der Waals surface area (Å²) < 4.78 is 43.1. The van der Waals surface area contributed by atoms with Crippen LogP contribution in [0.2, 0.25) is 0 Å². The summed E-state index contributed by atoms with van der Waals surface area (Å²) in [6, 6.07) is 6.39. The van der Waals surface area contributed by atoms with Crippen LogP contribution in [0.4, 0.5) is 13.2 Å². The van der Waals surface area contributed by atoms with Crippen LogP contribution in [0, 0.1) is 4.77 Å². The van der Waals surface area contributed by atoms with Crippen molar-refractivity contribution in [1.29, 1.82) is 0 Å². The van der Waals surface area contributed by atoms with Crippen molar-refractivity contribution in [3.05, 3.63) is 78.6 Å². The number of alkyl halides is 3. The van der Waals surface area contributed by atoms with E-state index in [9.17, 15) is 22.8 Å². The first kappa shape index (κ1) is 24.4. The molecule has 0 aliphatic carbocycles. The molecule has 5 rings (SSSR count). The van der Waals surface area contributed by atoms with Gasteiger partial charge in [-0.2, -0.15) is 13.2 Å². The second-order valence-corrected chi connectivity index (χ2v) is 9.82. The van der Waals surface area contributed by atoms with Crippen LogP contribution in [-0.2, 0) is 26.2 Å². The molecule has 0 fully saturated rings. The maximum Gasteiger partial charge on any atom is 0.417 e. The number of imidazole rings is 1. The zero-order chi connectivity index (χ0) is 25.9. The van der Waals surface area contributed by atoms with E-state index >= 15 is 0 Å². The molecular formula is C23H18BrF3N6O2S. The van der Waals surface area contributed by atoms with Gasteiger partial charge in [0.05, 0.1) is 24.0 Å². The molecule has 0 radical (unpaired) electrons. The van der Waals surface area contributed by atoms with Gasteiger partial charge < -0.3 is 14.5 Å². The number of H-pyrrole nitrogens is 1. The first-order chi connectivity index (χ1) is 17.0. The second kappa shape index (κ2) is 8.66. The lowest BCUT2D eigenvalue weighted by molar-refractivity contribution is -0.138. The Morgan fingerprint density at radius 2 is 2.00 bits per heavy atom. The highest BCUT2D eigenvalue weighted by atomic mass is 79.9. The summed E-state index contributed by atoms with van der Waals surface area (Å²) in [5.74, 6) is -0.257. The molecule has 0 saturated carbocycles. The third kappa shape index (κ3) is 4.05. The Morgan fingerprint density at radius 1 is 1.25 bits per heavy atom. The van der Waals surface area contributed by atoms with Crippen LogP contribution in [-0.4, -0.2) is 40.9 Å². The van der Waals surface area contributed by atoms with Crippen LogP contribution < -0.4 is 5.56 Å². The molecule has 186 valence electrons. The predicted molar refractivity (Wildman–Crippen MR) is 131 cm³/mol. The molecule has 0 bridgehead atoms. The van der Waals surface area contributed by atoms with Crippen molar-refractivity contribution in [2.45, 2.75) is 32.1 Å². The molecule has 4 heterocycles. The number of halogens is 4. The molecule has 1 unspecified atom stereocenters. The van der Waals surface area contributed by atoms with Gasteiger partial charge in [0.1, 0.15) is 5.82 Å². The van der Waals surface area contributed by atoms with Gasteiger partial charge >= 0.3 is 6.18 Å². The Hall–Kier alpha value is -3.32. The minimum absolute atomic E-state index is 0.000821. The SMILES string of the molecule is CC1Cc2c([nH]c(=S)n(-c3ccc4c(ncn4C)n3)c2=O)CN1C(=O)c1ccc(Br)c(C(F)(F)F)c1. The number of amides is 1. The van der Waals surface area contributed by atoms with Crippen LogP contribution in [0.1, 0.15) is 34.1 Å². The predicted octanol–water partition coefficient (Wildman–Crippen LogP) is 4.55. The average Bonchev–Trinajstić information content (AvgIpc) is 3.18. The van der Waals surface area contributed by atoms with Gasteiger partial charge in [0.25, 0.3) is 11.5 Å². The fourth-order valence-electron chi connectivity index (χ4n) is 4.34. The van der Waals surface area contributed by atoms with Gasteiger partial charge in [0, 0.05) is 34.4 Å². The maximum absolute atomic E-state index is 13.4. The molecule has 13 heteroatoms. The zero-order valence-corrected chi connectivity index (χ0v) is 21.3. The molecule has 1 aliphatic heterocycles. The van der Waals surface area contributed by atoms with Crippen LogP contribution in [0.15, 0.2) is 45.9 Å². The van der Waals surface area contributed by atoms with E-state index in [1.54, 1.807) is 30.0 Å². The molecule has 8 nitrogen and oxygen atoms in total. The molecule has 3 aromatic heterocycles. The Bertz CT molecular complexity index is 1660. The van der Waals surface area contributed by atoms with E-state index in [0.717, 1.165) is 11.6 Å². The van der Waals surface area contributed by atoms with Crippen LogP contribution in [0.3, 0.4) is 0 Å². The van der Waals surface area contributed by atoms with E-state index in [1.807, 2.05) is 7.05 Å². The maximum atomic E-state index is 13.4. The van der Waals surface area contributed by atoms with E-state index in [1.165, 1.54) is 21.6 Å². The third-order valence-corrected chi connectivity index (χ3v) is 7.20. The largest absolute Gasteiger partial charge is 0.417 e. The number of rotatable bonds is 2. The first-order valence-electron chi connectivity index (χ1n) is 10.8. The molecule has 4 aromatic rings. The third-order valence-electron chi connectivity index (χ3n) is 6.23. The number of fused-ring (bicyclic) bond motifs is 2. The number of hydrogen-bond donors (Lipinski definition) is 1. The van der Waals surface area contributed by atoms with E-state index in [2.05, 4.69) is 30.9 Å². The monoisotopic (exact) mass is 578 g/mol. The zero-order valence-electron chi connectivity index (χ0n) is 18.9. The number of carbonyl (C=O) groups excluding carboxylic acids is 1. The highest BCUT2D eigenvalue weighted by molar-refractivity contribution is 9.10. The fourth-order valence-corrected chi connectivity index (χ4v) is 5.12. The highest BCUT2D eigenvalue weighted by Gasteiger charge is 2.35. The Kier molecular flexibility index (Phi) is 5.86. The van der Waals surface area contributed by atoms with Gasteiger partial charge in [-0.15, -0.1) is 0 Å². The van der Waals surface area contributed by atoms with Crippen molar-refractivity contribution in [1.82, 2.24) is 29.0 Å². The number of carbonyl (C=O) groups is 1. The molecule has 0 saturated heterocycles. The number of nitrogens with one attached hydrogen (secondary N) is 1. The standard InChI is InChI=1S/C23H18BrF3N6O2S/c1-11-7-13-16(9-32(11)20(34)12-3-4-15(24)14(8-12)23(25,26)27)29-22(36)33(21(13)35)18-6-5-17-19(30-18)28-10-31(17)2/h3-6,8,10-11H,7,9H2,1-2H3,(H,29,36). The molecule has 36 heavy (non-hydrogen) atoms. The second-order valence-electron chi connectivity index (χ2n) is 8.57. The van der Waals surface area contributed by atoms with Crippen LogP contribution >= 0.6 is 28.1 Å². The van der Waals surface area contributed by atoms with Gasteiger partial charge in [-0.1, -0.05) is 15.9 Å². The Morgan fingerprint density at radius 3 is 2.72 bits per heavy atom. The smallest absolute Gasteiger partial charge is 0.333 e. The molecule has 1 aromatic carbocycles. The van der Waals surface area contributed by atoms with E-state index < -0.39 is 23.7 Å².